The predicted octanol–water partition coefficient (Wildman–Crippen LogP) is 2.83. The van der Waals surface area contributed by atoms with Crippen molar-refractivity contribution in [1.82, 2.24) is 0 Å². The Kier molecular flexibility index (Phi) is 1.83. The molecule has 2 atom stereocenters. The van der Waals surface area contributed by atoms with Crippen molar-refractivity contribution in [2.75, 3.05) is 0 Å². The van der Waals surface area contributed by atoms with Gasteiger partial charge in [-0.15, -0.1) is 0 Å². The van der Waals surface area contributed by atoms with Crippen molar-refractivity contribution in [2.45, 2.75) is 52.6 Å². The molecule has 0 bridgehead atoms. The third kappa shape index (κ3) is 1.41. The van der Waals surface area contributed by atoms with Crippen LogP contribution in [0.25, 0.3) is 0 Å². The van der Waals surface area contributed by atoms with Crippen molar-refractivity contribution >= 4 is 0 Å². The summed E-state index contributed by atoms with van der Waals surface area (Å²) in [5.41, 5.74) is 0.165. The maximum absolute atomic E-state index is 10.1. The van der Waals surface area contributed by atoms with E-state index in [0.29, 0.717) is 11.3 Å². The summed E-state index contributed by atoms with van der Waals surface area (Å²) in [6.45, 7) is 9.20. The molecule has 0 radical (unpaired) electrons. The second-order valence-corrected chi connectivity index (χ2v) is 6.14. The number of aliphatic hydroxyl groups is 1. The zero-order valence-corrected chi connectivity index (χ0v) is 9.30. The first-order chi connectivity index (χ1) is 5.88. The lowest BCUT2D eigenvalue weighted by Crippen LogP contribution is -2.14. The summed E-state index contributed by atoms with van der Waals surface area (Å²) >= 11 is 0. The molecule has 2 aliphatic rings. The van der Waals surface area contributed by atoms with E-state index in [1.165, 1.54) is 6.42 Å². The van der Waals surface area contributed by atoms with Crippen molar-refractivity contribution in [3.05, 3.63) is 0 Å². The highest BCUT2D eigenvalue weighted by atomic mass is 16.3. The minimum Gasteiger partial charge on any atom is -0.390 e. The Balaban J connectivity index is 1.99. The van der Waals surface area contributed by atoms with Crippen LogP contribution in [0, 0.1) is 23.2 Å². The monoisotopic (exact) mass is 182 g/mol. The molecular weight excluding hydrogens is 160 g/mol. The summed E-state index contributed by atoms with van der Waals surface area (Å²) in [6.07, 6.45) is 3.39. The van der Waals surface area contributed by atoms with Crippen LogP contribution in [0.4, 0.5) is 0 Å². The lowest BCUT2D eigenvalue weighted by Gasteiger charge is -2.08. The molecule has 0 aromatic carbocycles. The van der Waals surface area contributed by atoms with Gasteiger partial charge in [-0.3, -0.25) is 0 Å². The quantitative estimate of drug-likeness (QED) is 0.711. The molecule has 0 spiro atoms. The van der Waals surface area contributed by atoms with Crippen molar-refractivity contribution in [1.29, 1.82) is 0 Å². The molecule has 0 aromatic rings. The summed E-state index contributed by atoms with van der Waals surface area (Å²) in [7, 11) is 0. The number of hydrogen-bond donors (Lipinski definition) is 1. The lowest BCUT2D eigenvalue weighted by atomic mass is 10.0. The van der Waals surface area contributed by atoms with Gasteiger partial charge in [-0.05, 0) is 42.4 Å². The van der Waals surface area contributed by atoms with Crippen molar-refractivity contribution < 1.29 is 5.11 Å². The maximum Gasteiger partial charge on any atom is 0.0686 e. The van der Waals surface area contributed by atoms with Crippen LogP contribution >= 0.6 is 0 Å². The summed E-state index contributed by atoms with van der Waals surface area (Å²) in [5.74, 6) is 2.15. The molecule has 0 heterocycles. The summed E-state index contributed by atoms with van der Waals surface area (Å²) in [5, 5.41) is 10.1. The van der Waals surface area contributed by atoms with Gasteiger partial charge in [-0.25, -0.2) is 0 Å². The summed E-state index contributed by atoms with van der Waals surface area (Å²) < 4.78 is 0. The van der Waals surface area contributed by atoms with Crippen molar-refractivity contribution in [3.8, 4) is 0 Å². The van der Waals surface area contributed by atoms with Gasteiger partial charge >= 0.3 is 0 Å². The molecule has 0 aliphatic heterocycles. The van der Waals surface area contributed by atoms with Crippen LogP contribution in [0.15, 0.2) is 0 Å². The van der Waals surface area contributed by atoms with E-state index in [2.05, 4.69) is 27.7 Å². The van der Waals surface area contributed by atoms with E-state index in [-0.39, 0.29) is 5.60 Å². The molecule has 2 saturated carbocycles. The fourth-order valence-corrected chi connectivity index (χ4v) is 3.20. The molecule has 0 saturated heterocycles. The third-order valence-electron chi connectivity index (χ3n) is 4.12. The zero-order valence-electron chi connectivity index (χ0n) is 9.30. The lowest BCUT2D eigenvalue weighted by molar-refractivity contribution is 0.107. The minimum absolute atomic E-state index is 0.247. The van der Waals surface area contributed by atoms with E-state index in [9.17, 15) is 5.11 Å². The van der Waals surface area contributed by atoms with Gasteiger partial charge in [-0.1, -0.05) is 27.7 Å². The molecule has 2 unspecified atom stereocenters. The highest BCUT2D eigenvalue weighted by Gasteiger charge is 2.69. The maximum atomic E-state index is 10.1. The Morgan fingerprint density at radius 2 is 1.85 bits per heavy atom. The average Bonchev–Trinajstić information content (AvgIpc) is 2.76. The van der Waals surface area contributed by atoms with Crippen LogP contribution in [0.3, 0.4) is 0 Å². The zero-order chi connectivity index (χ0) is 9.85. The Morgan fingerprint density at radius 3 is 2.23 bits per heavy atom. The first kappa shape index (κ1) is 9.51. The van der Waals surface area contributed by atoms with Crippen LogP contribution in [0.5, 0.6) is 0 Å². The van der Waals surface area contributed by atoms with Gasteiger partial charge in [0, 0.05) is 0 Å². The standard InChI is InChI=1S/C12H22O/c1-8(2)7-9-10(11(9,3)4)12(13)5-6-12/h8-10,13H,5-7H2,1-4H3. The normalized spacial score (nSPS) is 39.2. The number of rotatable bonds is 3. The van der Waals surface area contributed by atoms with Crippen molar-refractivity contribution in [3.63, 3.8) is 0 Å². The molecule has 1 nitrogen and oxygen atoms in total. The van der Waals surface area contributed by atoms with Crippen molar-refractivity contribution in [2.24, 2.45) is 23.2 Å². The van der Waals surface area contributed by atoms with Gasteiger partial charge in [0.1, 0.15) is 0 Å². The second kappa shape index (κ2) is 2.50. The predicted molar refractivity (Wildman–Crippen MR) is 54.4 cm³/mol. The van der Waals surface area contributed by atoms with E-state index in [1.807, 2.05) is 0 Å². The minimum atomic E-state index is -0.247. The molecule has 1 heteroatoms. The Hall–Kier alpha value is -0.0400. The molecular formula is C12H22O. The molecule has 0 amide bonds. The molecule has 76 valence electrons. The SMILES string of the molecule is CC(C)CC1C(C2(O)CC2)C1(C)C. The largest absolute Gasteiger partial charge is 0.390 e. The topological polar surface area (TPSA) is 20.2 Å². The molecule has 1 N–H and O–H groups in total. The second-order valence-electron chi connectivity index (χ2n) is 6.14. The van der Waals surface area contributed by atoms with Crippen LogP contribution in [0.1, 0.15) is 47.0 Å². The van der Waals surface area contributed by atoms with E-state index in [4.69, 9.17) is 0 Å². The van der Waals surface area contributed by atoms with E-state index >= 15 is 0 Å². The Labute approximate surface area is 81.5 Å². The first-order valence-electron chi connectivity index (χ1n) is 5.60. The van der Waals surface area contributed by atoms with Gasteiger partial charge in [0.05, 0.1) is 5.60 Å². The molecule has 2 aliphatic carbocycles. The summed E-state index contributed by atoms with van der Waals surface area (Å²) in [6, 6.07) is 0. The van der Waals surface area contributed by atoms with E-state index < -0.39 is 0 Å². The molecule has 2 fully saturated rings. The van der Waals surface area contributed by atoms with Gasteiger partial charge in [0.2, 0.25) is 0 Å². The smallest absolute Gasteiger partial charge is 0.0686 e. The fraction of sp³-hybridized carbons (Fsp3) is 1.00. The molecule has 2 rings (SSSR count). The average molecular weight is 182 g/mol. The van der Waals surface area contributed by atoms with Crippen LogP contribution in [0.2, 0.25) is 0 Å². The first-order valence-corrected chi connectivity index (χ1v) is 5.60. The van der Waals surface area contributed by atoms with E-state index in [0.717, 1.165) is 24.7 Å². The molecule has 0 aromatic heterocycles. The fourth-order valence-electron chi connectivity index (χ4n) is 3.20. The van der Waals surface area contributed by atoms with Gasteiger partial charge in [-0.2, -0.15) is 0 Å². The van der Waals surface area contributed by atoms with Gasteiger partial charge in [0.25, 0.3) is 0 Å². The highest BCUT2D eigenvalue weighted by molar-refractivity contribution is 5.18. The Morgan fingerprint density at radius 1 is 1.31 bits per heavy atom. The summed E-state index contributed by atoms with van der Waals surface area (Å²) in [4.78, 5) is 0. The third-order valence-corrected chi connectivity index (χ3v) is 4.12. The number of hydrogen-bond acceptors (Lipinski definition) is 1. The van der Waals surface area contributed by atoms with E-state index in [1.54, 1.807) is 0 Å². The Bertz CT molecular complexity index is 213. The van der Waals surface area contributed by atoms with Gasteiger partial charge < -0.3 is 5.11 Å². The van der Waals surface area contributed by atoms with Crippen LogP contribution in [-0.4, -0.2) is 10.7 Å². The molecule has 13 heavy (non-hydrogen) atoms. The van der Waals surface area contributed by atoms with Crippen LogP contribution in [-0.2, 0) is 0 Å². The highest BCUT2D eigenvalue weighted by Crippen LogP contribution is 2.70. The van der Waals surface area contributed by atoms with Crippen LogP contribution < -0.4 is 0 Å². The van der Waals surface area contributed by atoms with Gasteiger partial charge in [0.15, 0.2) is 0 Å².